The van der Waals surface area contributed by atoms with Crippen LogP contribution in [0.3, 0.4) is 0 Å². The lowest BCUT2D eigenvalue weighted by Crippen LogP contribution is -2.53. The third kappa shape index (κ3) is 3.66. The molecule has 1 aliphatic heterocycles. The summed E-state index contributed by atoms with van der Waals surface area (Å²) in [6, 6.07) is 15.8. The van der Waals surface area contributed by atoms with E-state index in [2.05, 4.69) is 17.4 Å². The summed E-state index contributed by atoms with van der Waals surface area (Å²) in [7, 11) is 0. The van der Waals surface area contributed by atoms with Crippen molar-refractivity contribution in [1.29, 1.82) is 0 Å². The van der Waals surface area contributed by atoms with Gasteiger partial charge in [-0.25, -0.2) is 4.39 Å². The molecule has 2 aromatic carbocycles. The molecule has 0 aromatic heterocycles. The van der Waals surface area contributed by atoms with Crippen molar-refractivity contribution in [3.05, 3.63) is 71.5 Å². The maximum atomic E-state index is 13.1. The summed E-state index contributed by atoms with van der Waals surface area (Å²) >= 11 is 0. The van der Waals surface area contributed by atoms with E-state index in [1.807, 2.05) is 18.2 Å². The van der Waals surface area contributed by atoms with E-state index in [9.17, 15) is 14.0 Å². The second kappa shape index (κ2) is 7.74. The second-order valence-corrected chi connectivity index (χ2v) is 7.86. The smallest absolute Gasteiger partial charge is 0.253 e. The van der Waals surface area contributed by atoms with Crippen molar-refractivity contribution in [3.63, 3.8) is 0 Å². The minimum atomic E-state index is -0.352. The summed E-state index contributed by atoms with van der Waals surface area (Å²) in [5.74, 6) is -0.426. The maximum Gasteiger partial charge on any atom is 0.253 e. The zero-order valence-electron chi connectivity index (χ0n) is 15.9. The number of carbonyl (C=O) groups is 2. The summed E-state index contributed by atoms with van der Waals surface area (Å²) in [4.78, 5) is 27.2. The van der Waals surface area contributed by atoms with Crippen LogP contribution in [0.4, 0.5) is 4.39 Å². The zero-order valence-corrected chi connectivity index (χ0v) is 15.9. The molecule has 4 nitrogen and oxygen atoms in total. The first-order chi connectivity index (χ1) is 13.6. The van der Waals surface area contributed by atoms with E-state index < -0.39 is 0 Å². The van der Waals surface area contributed by atoms with Gasteiger partial charge in [-0.3, -0.25) is 9.59 Å². The van der Waals surface area contributed by atoms with Crippen LogP contribution in [0.15, 0.2) is 54.6 Å². The number of benzene rings is 2. The quantitative estimate of drug-likeness (QED) is 0.875. The molecule has 1 heterocycles. The summed E-state index contributed by atoms with van der Waals surface area (Å²) in [5, 5.41) is 3.31. The predicted molar refractivity (Wildman–Crippen MR) is 105 cm³/mol. The Morgan fingerprint density at radius 1 is 0.964 bits per heavy atom. The van der Waals surface area contributed by atoms with Crippen LogP contribution in [0.2, 0.25) is 0 Å². The molecule has 4 rings (SSSR count). The van der Waals surface area contributed by atoms with Gasteiger partial charge in [-0.2, -0.15) is 0 Å². The average molecular weight is 380 g/mol. The molecule has 28 heavy (non-hydrogen) atoms. The third-order valence-corrected chi connectivity index (χ3v) is 6.14. The Morgan fingerprint density at radius 3 is 2.18 bits per heavy atom. The Labute approximate surface area is 164 Å². The molecular weight excluding hydrogens is 355 g/mol. The van der Waals surface area contributed by atoms with Crippen LogP contribution in [-0.4, -0.2) is 29.8 Å². The van der Waals surface area contributed by atoms with E-state index in [0.717, 1.165) is 19.3 Å². The zero-order chi connectivity index (χ0) is 19.6. The number of hydrogen-bond acceptors (Lipinski definition) is 2. The maximum absolute atomic E-state index is 13.1. The van der Waals surface area contributed by atoms with Crippen molar-refractivity contribution in [1.82, 2.24) is 10.2 Å². The normalized spacial score (nSPS) is 19.0. The van der Waals surface area contributed by atoms with Crippen molar-refractivity contribution < 1.29 is 14.0 Å². The van der Waals surface area contributed by atoms with Crippen molar-refractivity contribution >= 4 is 11.8 Å². The fourth-order valence-electron chi connectivity index (χ4n) is 4.23. The van der Waals surface area contributed by atoms with Crippen LogP contribution >= 0.6 is 0 Å². The van der Waals surface area contributed by atoms with Crippen LogP contribution in [0.25, 0.3) is 0 Å². The molecule has 0 spiro atoms. The first-order valence-corrected chi connectivity index (χ1v) is 10.00. The van der Waals surface area contributed by atoms with Gasteiger partial charge in [0, 0.05) is 24.6 Å². The van der Waals surface area contributed by atoms with Crippen molar-refractivity contribution in [2.24, 2.45) is 5.92 Å². The molecule has 0 atom stereocenters. The van der Waals surface area contributed by atoms with Crippen molar-refractivity contribution in [2.75, 3.05) is 13.1 Å². The number of amides is 2. The molecule has 0 radical (unpaired) electrons. The van der Waals surface area contributed by atoms with Crippen LogP contribution < -0.4 is 5.32 Å². The Morgan fingerprint density at radius 2 is 1.61 bits per heavy atom. The van der Waals surface area contributed by atoms with E-state index in [1.165, 1.54) is 29.8 Å². The van der Waals surface area contributed by atoms with Gasteiger partial charge in [-0.1, -0.05) is 30.3 Å². The molecule has 1 aliphatic carbocycles. The molecular formula is C23H25FN2O2. The molecule has 0 unspecified atom stereocenters. The molecule has 1 saturated carbocycles. The fraction of sp³-hybridized carbons (Fsp3) is 0.391. The molecule has 2 aliphatic rings. The third-order valence-electron chi connectivity index (χ3n) is 6.14. The molecule has 5 heteroatoms. The number of nitrogens with zero attached hydrogens (tertiary/aromatic N) is 1. The van der Waals surface area contributed by atoms with Gasteiger partial charge in [-0.05, 0) is 61.9 Å². The minimum Gasteiger partial charge on any atom is -0.346 e. The van der Waals surface area contributed by atoms with E-state index in [-0.39, 0.29) is 29.1 Å². The highest BCUT2D eigenvalue weighted by atomic mass is 19.1. The Hall–Kier alpha value is -2.69. The van der Waals surface area contributed by atoms with Gasteiger partial charge in [0.05, 0.1) is 5.54 Å². The summed E-state index contributed by atoms with van der Waals surface area (Å²) in [6.45, 7) is 1.10. The van der Waals surface area contributed by atoms with Gasteiger partial charge >= 0.3 is 0 Å². The second-order valence-electron chi connectivity index (χ2n) is 7.86. The van der Waals surface area contributed by atoms with Crippen molar-refractivity contribution in [2.45, 2.75) is 37.6 Å². The highest BCUT2D eigenvalue weighted by molar-refractivity contribution is 5.94. The molecule has 0 bridgehead atoms. The topological polar surface area (TPSA) is 49.4 Å². The lowest BCUT2D eigenvalue weighted by Gasteiger charge is -2.44. The molecule has 2 amide bonds. The number of piperidine rings is 1. The lowest BCUT2D eigenvalue weighted by molar-refractivity contribution is -0.129. The Kier molecular flexibility index (Phi) is 5.16. The van der Waals surface area contributed by atoms with E-state index in [0.29, 0.717) is 31.5 Å². The van der Waals surface area contributed by atoms with Crippen LogP contribution in [0, 0.1) is 11.7 Å². The number of halogens is 1. The standard InChI is InChI=1S/C23H25FN2O2/c24-20-9-7-18(8-10-20)22(28)26-15-11-17(12-16-26)21(27)25-23(13-4-14-23)19-5-2-1-3-6-19/h1-3,5-10,17H,4,11-16H2,(H,25,27). The minimum absolute atomic E-state index is 0.0709. The SMILES string of the molecule is O=C(NC1(c2ccccc2)CCC1)C1CCN(C(=O)c2ccc(F)cc2)CC1. The van der Waals surface area contributed by atoms with E-state index in [1.54, 1.807) is 4.90 Å². The van der Waals surface area contributed by atoms with Gasteiger partial charge in [0.15, 0.2) is 0 Å². The summed E-state index contributed by atoms with van der Waals surface area (Å²) in [6.07, 6.45) is 4.39. The molecule has 2 aromatic rings. The van der Waals surface area contributed by atoms with Crippen LogP contribution in [-0.2, 0) is 10.3 Å². The van der Waals surface area contributed by atoms with Gasteiger partial charge in [0.2, 0.25) is 5.91 Å². The first-order valence-electron chi connectivity index (χ1n) is 10.00. The number of carbonyl (C=O) groups excluding carboxylic acids is 2. The molecule has 1 N–H and O–H groups in total. The molecule has 2 fully saturated rings. The van der Waals surface area contributed by atoms with Gasteiger partial charge in [0.25, 0.3) is 5.91 Å². The van der Waals surface area contributed by atoms with Gasteiger partial charge < -0.3 is 10.2 Å². The van der Waals surface area contributed by atoms with Crippen molar-refractivity contribution in [3.8, 4) is 0 Å². The highest BCUT2D eigenvalue weighted by Crippen LogP contribution is 2.41. The number of nitrogens with one attached hydrogen (secondary N) is 1. The summed E-state index contributed by atoms with van der Waals surface area (Å²) in [5.41, 5.74) is 1.44. The van der Waals surface area contributed by atoms with Gasteiger partial charge in [0.1, 0.15) is 5.82 Å². The van der Waals surface area contributed by atoms with E-state index in [4.69, 9.17) is 0 Å². The van der Waals surface area contributed by atoms with Crippen LogP contribution in [0.5, 0.6) is 0 Å². The van der Waals surface area contributed by atoms with Crippen LogP contribution in [0.1, 0.15) is 48.0 Å². The lowest BCUT2D eigenvalue weighted by atomic mass is 9.71. The fourth-order valence-corrected chi connectivity index (χ4v) is 4.23. The van der Waals surface area contributed by atoms with E-state index >= 15 is 0 Å². The monoisotopic (exact) mass is 380 g/mol. The number of hydrogen-bond donors (Lipinski definition) is 1. The number of likely N-dealkylation sites (tertiary alicyclic amines) is 1. The highest BCUT2D eigenvalue weighted by Gasteiger charge is 2.41. The molecule has 146 valence electrons. The largest absolute Gasteiger partial charge is 0.346 e. The Balaban J connectivity index is 1.35. The molecule has 1 saturated heterocycles. The summed E-state index contributed by atoms with van der Waals surface area (Å²) < 4.78 is 13.1. The average Bonchev–Trinajstić information content (AvgIpc) is 2.71. The number of rotatable bonds is 4. The first kappa shape index (κ1) is 18.7. The van der Waals surface area contributed by atoms with Gasteiger partial charge in [-0.15, -0.1) is 0 Å². The predicted octanol–water partition coefficient (Wildman–Crippen LogP) is 3.87. The Bertz CT molecular complexity index is 839.